The maximum atomic E-state index is 12.8. The van der Waals surface area contributed by atoms with E-state index in [9.17, 15) is 18.0 Å². The van der Waals surface area contributed by atoms with Crippen LogP contribution >= 0.6 is 0 Å². The second kappa shape index (κ2) is 8.89. The zero-order chi connectivity index (χ0) is 20.1. The third-order valence-corrected chi connectivity index (χ3v) is 6.55. The van der Waals surface area contributed by atoms with Gasteiger partial charge in [-0.15, -0.1) is 0 Å². The minimum absolute atomic E-state index is 0.0645. The molecule has 0 radical (unpaired) electrons. The number of hydrogen-bond donors (Lipinski definition) is 2. The Balaban J connectivity index is 1.48. The number of carbonyl (C=O) groups is 2. The Morgan fingerprint density at radius 2 is 1.75 bits per heavy atom. The smallest absolute Gasteiger partial charge is 0.321 e. The molecule has 2 fully saturated rings. The summed E-state index contributed by atoms with van der Waals surface area (Å²) in [6.45, 7) is 3.87. The van der Waals surface area contributed by atoms with E-state index >= 15 is 0 Å². The lowest BCUT2D eigenvalue weighted by Crippen LogP contribution is -2.52. The summed E-state index contributed by atoms with van der Waals surface area (Å²) in [5.74, 6) is 0.240. The zero-order valence-electron chi connectivity index (χ0n) is 15.9. The van der Waals surface area contributed by atoms with E-state index in [4.69, 9.17) is 4.74 Å². The fourth-order valence-corrected chi connectivity index (χ4v) is 4.39. The van der Waals surface area contributed by atoms with Gasteiger partial charge in [-0.2, -0.15) is 4.31 Å². The van der Waals surface area contributed by atoms with Gasteiger partial charge in [0.15, 0.2) is 0 Å². The molecule has 154 valence electrons. The Morgan fingerprint density at radius 1 is 1.11 bits per heavy atom. The summed E-state index contributed by atoms with van der Waals surface area (Å²) >= 11 is 0. The largest absolute Gasteiger partial charge is 0.494 e. The first-order valence-corrected chi connectivity index (χ1v) is 10.9. The highest BCUT2D eigenvalue weighted by Gasteiger charge is 2.29. The number of carbonyl (C=O) groups excluding carboxylic acids is 2. The van der Waals surface area contributed by atoms with Gasteiger partial charge in [-0.25, -0.2) is 13.2 Å². The first kappa shape index (κ1) is 20.6. The van der Waals surface area contributed by atoms with Crippen molar-refractivity contribution in [2.45, 2.75) is 30.7 Å². The van der Waals surface area contributed by atoms with Crippen LogP contribution in [0.5, 0.6) is 5.75 Å². The lowest BCUT2D eigenvalue weighted by atomic mass is 10.3. The van der Waals surface area contributed by atoms with Crippen LogP contribution in [-0.4, -0.2) is 74.9 Å². The number of hydrogen-bond acceptors (Lipinski definition) is 6. The fourth-order valence-electron chi connectivity index (χ4n) is 2.97. The van der Waals surface area contributed by atoms with Crippen LogP contribution in [0.4, 0.5) is 4.79 Å². The van der Waals surface area contributed by atoms with Crippen molar-refractivity contribution >= 4 is 22.0 Å². The molecular formula is C18H26N4O5S. The summed E-state index contributed by atoms with van der Waals surface area (Å²) in [5, 5.41) is 5.00. The highest BCUT2D eigenvalue weighted by atomic mass is 32.2. The number of sulfonamides is 1. The molecule has 1 saturated heterocycles. The van der Waals surface area contributed by atoms with E-state index in [1.54, 1.807) is 24.3 Å². The molecule has 1 aromatic carbocycles. The number of ether oxygens (including phenoxy) is 1. The number of rotatable bonds is 7. The lowest BCUT2D eigenvalue weighted by molar-refractivity contribution is -0.121. The molecule has 1 aliphatic heterocycles. The number of imide groups is 1. The second-order valence-electron chi connectivity index (χ2n) is 6.88. The van der Waals surface area contributed by atoms with Crippen molar-refractivity contribution in [3.8, 4) is 5.75 Å². The van der Waals surface area contributed by atoms with E-state index < -0.39 is 16.1 Å². The summed E-state index contributed by atoms with van der Waals surface area (Å²) in [7, 11) is -3.58. The van der Waals surface area contributed by atoms with E-state index in [2.05, 4.69) is 10.6 Å². The Bertz CT molecular complexity index is 800. The maximum absolute atomic E-state index is 12.8. The van der Waals surface area contributed by atoms with Crippen molar-refractivity contribution in [3.05, 3.63) is 24.3 Å². The van der Waals surface area contributed by atoms with Crippen LogP contribution in [0.25, 0.3) is 0 Å². The summed E-state index contributed by atoms with van der Waals surface area (Å²) < 4.78 is 32.3. The Morgan fingerprint density at radius 3 is 2.32 bits per heavy atom. The molecule has 3 rings (SSSR count). The van der Waals surface area contributed by atoms with E-state index in [0.29, 0.717) is 25.4 Å². The molecule has 1 heterocycles. The number of urea groups is 1. The predicted molar refractivity (Wildman–Crippen MR) is 103 cm³/mol. The van der Waals surface area contributed by atoms with Gasteiger partial charge < -0.3 is 10.1 Å². The summed E-state index contributed by atoms with van der Waals surface area (Å²) in [4.78, 5) is 25.6. The molecule has 28 heavy (non-hydrogen) atoms. The first-order valence-electron chi connectivity index (χ1n) is 9.44. The van der Waals surface area contributed by atoms with Crippen LogP contribution in [0, 0.1) is 0 Å². The number of piperazine rings is 1. The summed E-state index contributed by atoms with van der Waals surface area (Å²) in [5.41, 5.74) is 0. The second-order valence-corrected chi connectivity index (χ2v) is 8.82. The van der Waals surface area contributed by atoms with Crippen molar-refractivity contribution in [3.63, 3.8) is 0 Å². The van der Waals surface area contributed by atoms with Crippen molar-refractivity contribution < 1.29 is 22.7 Å². The predicted octanol–water partition coefficient (Wildman–Crippen LogP) is 0.380. The van der Waals surface area contributed by atoms with Crippen molar-refractivity contribution in [2.24, 2.45) is 0 Å². The summed E-state index contributed by atoms with van der Waals surface area (Å²) in [6, 6.07) is 6.08. The topological polar surface area (TPSA) is 108 Å². The van der Waals surface area contributed by atoms with Crippen LogP contribution in [0.15, 0.2) is 29.2 Å². The number of nitrogens with one attached hydrogen (secondary N) is 2. The van der Waals surface area contributed by atoms with Crippen LogP contribution in [0.3, 0.4) is 0 Å². The van der Waals surface area contributed by atoms with Gasteiger partial charge in [0.05, 0.1) is 18.0 Å². The molecule has 1 saturated carbocycles. The average Bonchev–Trinajstić information content (AvgIpc) is 3.46. The Labute approximate surface area is 165 Å². The molecule has 0 atom stereocenters. The molecule has 9 nitrogen and oxygen atoms in total. The third kappa shape index (κ3) is 5.43. The molecular weight excluding hydrogens is 384 g/mol. The van der Waals surface area contributed by atoms with Crippen molar-refractivity contribution in [1.29, 1.82) is 0 Å². The minimum atomic E-state index is -3.58. The molecule has 3 amide bonds. The van der Waals surface area contributed by atoms with E-state index in [-0.39, 0.29) is 36.5 Å². The van der Waals surface area contributed by atoms with Crippen molar-refractivity contribution in [2.75, 3.05) is 39.3 Å². The molecule has 2 N–H and O–H groups in total. The van der Waals surface area contributed by atoms with E-state index in [0.717, 1.165) is 12.8 Å². The van der Waals surface area contributed by atoms with Crippen molar-refractivity contribution in [1.82, 2.24) is 19.8 Å². The number of benzene rings is 1. The zero-order valence-corrected chi connectivity index (χ0v) is 16.7. The Kier molecular flexibility index (Phi) is 6.53. The molecule has 1 aromatic rings. The summed E-state index contributed by atoms with van der Waals surface area (Å²) in [6.07, 6.45) is 1.90. The van der Waals surface area contributed by atoms with Crippen LogP contribution in [-0.2, 0) is 14.8 Å². The first-order chi connectivity index (χ1) is 13.4. The standard InChI is InChI=1S/C18H26N4O5S/c1-2-27-15-5-7-16(8-6-15)28(25,26)22-11-9-21(10-12-22)13-17(23)20-18(24)19-14-3-4-14/h5-8,14H,2-4,9-13H2,1H3,(H2,19,20,23,24). The van der Waals surface area contributed by atoms with Gasteiger partial charge in [0.1, 0.15) is 5.75 Å². The maximum Gasteiger partial charge on any atom is 0.321 e. The third-order valence-electron chi connectivity index (χ3n) is 4.64. The van der Waals surface area contributed by atoms with Crippen LogP contribution < -0.4 is 15.4 Å². The van der Waals surface area contributed by atoms with Gasteiger partial charge in [0.25, 0.3) is 0 Å². The van der Waals surface area contributed by atoms with Crippen LogP contribution in [0.1, 0.15) is 19.8 Å². The van der Waals surface area contributed by atoms with Gasteiger partial charge in [-0.1, -0.05) is 0 Å². The normalized spacial score (nSPS) is 18.5. The van der Waals surface area contributed by atoms with Gasteiger partial charge in [0, 0.05) is 32.2 Å². The average molecular weight is 410 g/mol. The number of nitrogens with zero attached hydrogens (tertiary/aromatic N) is 2. The molecule has 2 aliphatic rings. The van der Waals surface area contributed by atoms with Gasteiger partial charge in [0.2, 0.25) is 15.9 Å². The molecule has 1 aliphatic carbocycles. The van der Waals surface area contributed by atoms with Gasteiger partial charge in [-0.3, -0.25) is 15.0 Å². The molecule has 0 unspecified atom stereocenters. The van der Waals surface area contributed by atoms with E-state index in [1.807, 2.05) is 11.8 Å². The van der Waals surface area contributed by atoms with Crippen LogP contribution in [0.2, 0.25) is 0 Å². The molecule has 0 spiro atoms. The molecule has 10 heteroatoms. The molecule has 0 aromatic heterocycles. The van der Waals surface area contributed by atoms with Gasteiger partial charge >= 0.3 is 6.03 Å². The Hall–Kier alpha value is -2.17. The SMILES string of the molecule is CCOc1ccc(S(=O)(=O)N2CCN(CC(=O)NC(=O)NC3CC3)CC2)cc1. The monoisotopic (exact) mass is 410 g/mol. The van der Waals surface area contributed by atoms with Gasteiger partial charge in [-0.05, 0) is 44.0 Å². The fraction of sp³-hybridized carbons (Fsp3) is 0.556. The highest BCUT2D eigenvalue weighted by Crippen LogP contribution is 2.21. The quantitative estimate of drug-likeness (QED) is 0.673. The molecule has 0 bridgehead atoms. The number of amides is 3. The lowest BCUT2D eigenvalue weighted by Gasteiger charge is -2.33. The minimum Gasteiger partial charge on any atom is -0.494 e. The highest BCUT2D eigenvalue weighted by molar-refractivity contribution is 7.89. The van der Waals surface area contributed by atoms with E-state index in [1.165, 1.54) is 4.31 Å².